The van der Waals surface area contributed by atoms with Gasteiger partial charge in [-0.15, -0.1) is 0 Å². The molecule has 18 heavy (non-hydrogen) atoms. The molecule has 0 spiro atoms. The van der Waals surface area contributed by atoms with E-state index in [1.54, 1.807) is 0 Å². The quantitative estimate of drug-likeness (QED) is 0.636. The van der Waals surface area contributed by atoms with Crippen molar-refractivity contribution >= 4 is 11.9 Å². The lowest BCUT2D eigenvalue weighted by atomic mass is 9.92. The lowest BCUT2D eigenvalue weighted by molar-refractivity contribution is -0.120. The van der Waals surface area contributed by atoms with Crippen molar-refractivity contribution < 1.29 is 9.59 Å². The van der Waals surface area contributed by atoms with E-state index in [4.69, 9.17) is 0 Å². The predicted molar refractivity (Wildman–Crippen MR) is 68.2 cm³/mol. The first kappa shape index (κ1) is 13.3. The predicted octanol–water partition coefficient (Wildman–Crippen LogP) is -0.484. The van der Waals surface area contributed by atoms with E-state index in [9.17, 15) is 9.59 Å². The molecule has 102 valence electrons. The number of carbonyl (C=O) groups is 2. The highest BCUT2D eigenvalue weighted by Gasteiger charge is 2.34. The molecule has 2 aliphatic rings. The van der Waals surface area contributed by atoms with Crippen molar-refractivity contribution in [2.75, 3.05) is 33.2 Å². The molecule has 3 N–H and O–H groups in total. The van der Waals surface area contributed by atoms with Gasteiger partial charge in [0.2, 0.25) is 5.91 Å². The Hall–Kier alpha value is -1.14. The molecule has 2 fully saturated rings. The zero-order valence-electron chi connectivity index (χ0n) is 10.9. The Labute approximate surface area is 107 Å². The molecule has 2 rings (SSSR count). The standard InChI is InChI=1S/C12H22N4O2/c1-13-12(18)15-11(17)4-6-16-5-2-3-9-7-14-8-10(9)16/h9-10,14H,2-8H2,1H3,(H2,13,15,17,18). The number of amides is 3. The summed E-state index contributed by atoms with van der Waals surface area (Å²) in [4.78, 5) is 24.9. The first-order chi connectivity index (χ1) is 8.70. The number of piperidine rings is 1. The third-order valence-electron chi connectivity index (χ3n) is 3.90. The topological polar surface area (TPSA) is 73.5 Å². The van der Waals surface area contributed by atoms with E-state index in [0.29, 0.717) is 12.5 Å². The first-order valence-corrected chi connectivity index (χ1v) is 6.67. The Balaban J connectivity index is 1.75. The maximum atomic E-state index is 11.5. The first-order valence-electron chi connectivity index (χ1n) is 6.67. The molecule has 2 heterocycles. The van der Waals surface area contributed by atoms with Crippen LogP contribution in [0.3, 0.4) is 0 Å². The van der Waals surface area contributed by atoms with Gasteiger partial charge < -0.3 is 10.6 Å². The van der Waals surface area contributed by atoms with Crippen LogP contribution in [0.2, 0.25) is 0 Å². The summed E-state index contributed by atoms with van der Waals surface area (Å²) in [5, 5.41) is 8.09. The maximum absolute atomic E-state index is 11.5. The van der Waals surface area contributed by atoms with Crippen molar-refractivity contribution in [1.29, 1.82) is 0 Å². The van der Waals surface area contributed by atoms with Crippen LogP contribution in [0.5, 0.6) is 0 Å². The van der Waals surface area contributed by atoms with Crippen LogP contribution in [0.15, 0.2) is 0 Å². The van der Waals surface area contributed by atoms with E-state index in [1.165, 1.54) is 19.9 Å². The van der Waals surface area contributed by atoms with Gasteiger partial charge in [-0.3, -0.25) is 15.0 Å². The number of hydrogen-bond acceptors (Lipinski definition) is 4. The second-order valence-corrected chi connectivity index (χ2v) is 5.04. The van der Waals surface area contributed by atoms with E-state index < -0.39 is 6.03 Å². The molecule has 2 saturated heterocycles. The molecule has 2 aliphatic heterocycles. The van der Waals surface area contributed by atoms with Gasteiger partial charge in [-0.2, -0.15) is 0 Å². The molecule has 0 aromatic rings. The third-order valence-corrected chi connectivity index (χ3v) is 3.90. The molecular formula is C12H22N4O2. The van der Waals surface area contributed by atoms with Crippen molar-refractivity contribution in [3.8, 4) is 0 Å². The Kier molecular flexibility index (Phi) is 4.54. The Morgan fingerprint density at radius 1 is 1.39 bits per heavy atom. The highest BCUT2D eigenvalue weighted by atomic mass is 16.2. The smallest absolute Gasteiger partial charge is 0.321 e. The molecule has 2 atom stereocenters. The summed E-state index contributed by atoms with van der Waals surface area (Å²) in [6.07, 6.45) is 2.88. The summed E-state index contributed by atoms with van der Waals surface area (Å²) in [5.41, 5.74) is 0. The van der Waals surface area contributed by atoms with E-state index in [2.05, 4.69) is 20.9 Å². The van der Waals surface area contributed by atoms with Crippen LogP contribution in [0, 0.1) is 5.92 Å². The van der Waals surface area contributed by atoms with Crippen LogP contribution in [-0.4, -0.2) is 56.1 Å². The Morgan fingerprint density at radius 2 is 2.22 bits per heavy atom. The number of rotatable bonds is 3. The van der Waals surface area contributed by atoms with Crippen LogP contribution in [0.4, 0.5) is 4.79 Å². The van der Waals surface area contributed by atoms with E-state index in [1.807, 2.05) is 0 Å². The van der Waals surface area contributed by atoms with Gasteiger partial charge in [0.1, 0.15) is 0 Å². The minimum Gasteiger partial charge on any atom is -0.341 e. The minimum absolute atomic E-state index is 0.206. The molecular weight excluding hydrogens is 232 g/mol. The lowest BCUT2D eigenvalue weighted by Gasteiger charge is -2.36. The molecule has 0 bridgehead atoms. The summed E-state index contributed by atoms with van der Waals surface area (Å²) < 4.78 is 0. The highest BCUT2D eigenvalue weighted by Crippen LogP contribution is 2.26. The van der Waals surface area contributed by atoms with Crippen LogP contribution >= 0.6 is 0 Å². The third kappa shape index (κ3) is 3.20. The molecule has 3 amide bonds. The fourth-order valence-electron chi connectivity index (χ4n) is 2.94. The highest BCUT2D eigenvalue weighted by molar-refractivity contribution is 5.94. The van der Waals surface area contributed by atoms with Gasteiger partial charge in [-0.1, -0.05) is 0 Å². The monoisotopic (exact) mass is 254 g/mol. The number of nitrogens with zero attached hydrogens (tertiary/aromatic N) is 1. The van der Waals surface area contributed by atoms with Gasteiger partial charge in [0.25, 0.3) is 0 Å². The van der Waals surface area contributed by atoms with Crippen LogP contribution in [0.25, 0.3) is 0 Å². The van der Waals surface area contributed by atoms with Crippen LogP contribution in [-0.2, 0) is 4.79 Å². The lowest BCUT2D eigenvalue weighted by Crippen LogP contribution is -2.47. The normalized spacial score (nSPS) is 27.6. The number of nitrogens with one attached hydrogen (secondary N) is 3. The second kappa shape index (κ2) is 6.15. The van der Waals surface area contributed by atoms with Crippen molar-refractivity contribution in [3.05, 3.63) is 0 Å². The summed E-state index contributed by atoms with van der Waals surface area (Å²) >= 11 is 0. The summed E-state index contributed by atoms with van der Waals surface area (Å²) in [6.45, 7) is 3.94. The molecule has 2 unspecified atom stereocenters. The summed E-state index contributed by atoms with van der Waals surface area (Å²) in [5.74, 6) is 0.531. The molecule has 6 heteroatoms. The number of carbonyl (C=O) groups excluding carboxylic acids is 2. The van der Waals surface area contributed by atoms with E-state index in [-0.39, 0.29) is 5.91 Å². The number of fused-ring (bicyclic) bond motifs is 1. The zero-order valence-corrected chi connectivity index (χ0v) is 10.9. The number of imide groups is 1. The largest absolute Gasteiger partial charge is 0.341 e. The van der Waals surface area contributed by atoms with Crippen molar-refractivity contribution in [3.63, 3.8) is 0 Å². The molecule has 6 nitrogen and oxygen atoms in total. The zero-order chi connectivity index (χ0) is 13.0. The van der Waals surface area contributed by atoms with Crippen molar-refractivity contribution in [2.24, 2.45) is 5.92 Å². The summed E-state index contributed by atoms with van der Waals surface area (Å²) in [7, 11) is 1.50. The summed E-state index contributed by atoms with van der Waals surface area (Å²) in [6, 6.07) is 0.144. The van der Waals surface area contributed by atoms with Crippen molar-refractivity contribution in [1.82, 2.24) is 20.9 Å². The molecule has 0 aromatic carbocycles. The fourth-order valence-corrected chi connectivity index (χ4v) is 2.94. The SMILES string of the molecule is CNC(=O)NC(=O)CCN1CCCC2CNCC21. The molecule has 0 aliphatic carbocycles. The second-order valence-electron chi connectivity index (χ2n) is 5.04. The average Bonchev–Trinajstić information content (AvgIpc) is 2.84. The maximum Gasteiger partial charge on any atom is 0.321 e. The van der Waals surface area contributed by atoms with Crippen LogP contribution < -0.4 is 16.0 Å². The van der Waals surface area contributed by atoms with Gasteiger partial charge >= 0.3 is 6.03 Å². The van der Waals surface area contributed by atoms with Crippen LogP contribution in [0.1, 0.15) is 19.3 Å². The average molecular weight is 254 g/mol. The Morgan fingerprint density at radius 3 is 3.00 bits per heavy atom. The van der Waals surface area contributed by atoms with Gasteiger partial charge in [0.15, 0.2) is 0 Å². The number of urea groups is 1. The molecule has 0 aromatic heterocycles. The number of likely N-dealkylation sites (tertiary alicyclic amines) is 1. The Bertz CT molecular complexity index is 321. The molecule has 0 saturated carbocycles. The van der Waals surface area contributed by atoms with E-state index >= 15 is 0 Å². The fraction of sp³-hybridized carbons (Fsp3) is 0.833. The van der Waals surface area contributed by atoms with Gasteiger partial charge in [0, 0.05) is 32.6 Å². The van der Waals surface area contributed by atoms with Gasteiger partial charge in [-0.25, -0.2) is 4.79 Å². The molecule has 0 radical (unpaired) electrons. The minimum atomic E-state index is -0.431. The number of hydrogen-bond donors (Lipinski definition) is 3. The van der Waals surface area contributed by atoms with Crippen molar-refractivity contribution in [2.45, 2.75) is 25.3 Å². The van der Waals surface area contributed by atoms with E-state index in [0.717, 1.165) is 32.1 Å². The van der Waals surface area contributed by atoms with Gasteiger partial charge in [-0.05, 0) is 31.8 Å². The van der Waals surface area contributed by atoms with Gasteiger partial charge in [0.05, 0.1) is 0 Å².